The third-order valence-corrected chi connectivity index (χ3v) is 4.77. The summed E-state index contributed by atoms with van der Waals surface area (Å²) in [5.41, 5.74) is 5.52. The summed E-state index contributed by atoms with van der Waals surface area (Å²) in [5.74, 6) is 0.434. The van der Waals surface area contributed by atoms with Gasteiger partial charge in [0.25, 0.3) is 0 Å². The largest absolute Gasteiger partial charge is 0.396 e. The second kappa shape index (κ2) is 7.12. The highest BCUT2D eigenvalue weighted by Crippen LogP contribution is 2.20. The molecule has 0 aliphatic heterocycles. The molecule has 1 rings (SSSR count). The van der Waals surface area contributed by atoms with E-state index in [1.807, 2.05) is 6.26 Å². The molecule has 7 heteroatoms. The SMILES string of the molecule is CSCCCCNS(=O)(=O)c1cc(C)c(F)c(N)c1. The lowest BCUT2D eigenvalue weighted by Gasteiger charge is -2.09. The third-order valence-electron chi connectivity index (χ3n) is 2.63. The van der Waals surface area contributed by atoms with Gasteiger partial charge in [-0.3, -0.25) is 0 Å². The monoisotopic (exact) mass is 306 g/mol. The number of benzene rings is 1. The Morgan fingerprint density at radius 2 is 2.05 bits per heavy atom. The molecule has 0 unspecified atom stereocenters. The van der Waals surface area contributed by atoms with Crippen molar-refractivity contribution in [3.05, 3.63) is 23.5 Å². The lowest BCUT2D eigenvalue weighted by atomic mass is 10.2. The van der Waals surface area contributed by atoms with Crippen molar-refractivity contribution < 1.29 is 12.8 Å². The van der Waals surface area contributed by atoms with Gasteiger partial charge in [-0.05, 0) is 49.5 Å². The van der Waals surface area contributed by atoms with E-state index in [1.165, 1.54) is 13.0 Å². The summed E-state index contributed by atoms with van der Waals surface area (Å²) in [4.78, 5) is 0.00812. The van der Waals surface area contributed by atoms with Gasteiger partial charge >= 0.3 is 0 Å². The van der Waals surface area contributed by atoms with Crippen LogP contribution in [0.4, 0.5) is 10.1 Å². The van der Waals surface area contributed by atoms with Gasteiger partial charge in [-0.25, -0.2) is 17.5 Å². The maximum Gasteiger partial charge on any atom is 0.240 e. The summed E-state index contributed by atoms with van der Waals surface area (Å²) >= 11 is 1.73. The predicted octanol–water partition coefficient (Wildman–Crippen LogP) is 2.14. The van der Waals surface area contributed by atoms with E-state index in [-0.39, 0.29) is 16.1 Å². The van der Waals surface area contributed by atoms with Gasteiger partial charge in [0, 0.05) is 6.54 Å². The number of nitrogen functional groups attached to an aromatic ring is 1. The van der Waals surface area contributed by atoms with Crippen molar-refractivity contribution in [2.45, 2.75) is 24.7 Å². The molecule has 0 spiro atoms. The second-order valence-corrected chi connectivity index (χ2v) is 6.99. The van der Waals surface area contributed by atoms with Crippen molar-refractivity contribution >= 4 is 27.5 Å². The molecular formula is C12H19FN2O2S2. The lowest BCUT2D eigenvalue weighted by molar-refractivity contribution is 0.577. The third kappa shape index (κ3) is 4.67. The molecule has 19 heavy (non-hydrogen) atoms. The van der Waals surface area contributed by atoms with E-state index in [9.17, 15) is 12.8 Å². The van der Waals surface area contributed by atoms with Crippen LogP contribution in [0.25, 0.3) is 0 Å². The number of nitrogens with one attached hydrogen (secondary N) is 1. The Bertz CT molecular complexity index is 510. The predicted molar refractivity (Wildman–Crippen MR) is 78.4 cm³/mol. The van der Waals surface area contributed by atoms with Gasteiger partial charge in [-0.2, -0.15) is 11.8 Å². The van der Waals surface area contributed by atoms with Crippen LogP contribution in [0.2, 0.25) is 0 Å². The Morgan fingerprint density at radius 1 is 1.37 bits per heavy atom. The van der Waals surface area contributed by atoms with E-state index in [1.54, 1.807) is 11.8 Å². The van der Waals surface area contributed by atoms with Gasteiger partial charge in [0.15, 0.2) is 0 Å². The average molecular weight is 306 g/mol. The number of hydrogen-bond donors (Lipinski definition) is 2. The van der Waals surface area contributed by atoms with Crippen LogP contribution < -0.4 is 10.5 Å². The summed E-state index contributed by atoms with van der Waals surface area (Å²) in [6.45, 7) is 1.86. The minimum absolute atomic E-state index is 0.00812. The number of thioether (sulfide) groups is 1. The number of sulfonamides is 1. The Labute approximate surface area is 118 Å². The fourth-order valence-corrected chi connectivity index (χ4v) is 3.27. The molecule has 0 saturated carbocycles. The molecule has 108 valence electrons. The highest BCUT2D eigenvalue weighted by atomic mass is 32.2. The van der Waals surface area contributed by atoms with Crippen LogP contribution in [0.15, 0.2) is 17.0 Å². The van der Waals surface area contributed by atoms with Crippen LogP contribution >= 0.6 is 11.8 Å². The molecule has 0 radical (unpaired) electrons. The Kier molecular flexibility index (Phi) is 6.09. The number of unbranched alkanes of at least 4 members (excludes halogenated alkanes) is 1. The molecule has 0 aromatic heterocycles. The van der Waals surface area contributed by atoms with Crippen molar-refractivity contribution in [1.29, 1.82) is 0 Å². The van der Waals surface area contributed by atoms with Gasteiger partial charge in [-0.15, -0.1) is 0 Å². The molecule has 0 amide bonds. The standard InChI is InChI=1S/C12H19FN2O2S2/c1-9-7-10(8-11(14)12(9)13)19(16,17)15-5-3-4-6-18-2/h7-8,15H,3-6,14H2,1-2H3. The molecule has 0 bridgehead atoms. The van der Waals surface area contributed by atoms with Gasteiger partial charge in [0.05, 0.1) is 10.6 Å². The Hall–Kier alpha value is -0.790. The quantitative estimate of drug-likeness (QED) is 0.598. The van der Waals surface area contributed by atoms with E-state index in [4.69, 9.17) is 5.73 Å². The summed E-state index contributed by atoms with van der Waals surface area (Å²) < 4.78 is 39.8. The van der Waals surface area contributed by atoms with E-state index < -0.39 is 15.8 Å². The topological polar surface area (TPSA) is 72.2 Å². The lowest BCUT2D eigenvalue weighted by Crippen LogP contribution is -2.25. The highest BCUT2D eigenvalue weighted by Gasteiger charge is 2.16. The van der Waals surface area contributed by atoms with Crippen molar-refractivity contribution in [1.82, 2.24) is 4.72 Å². The minimum atomic E-state index is -3.61. The second-order valence-electron chi connectivity index (χ2n) is 4.24. The maximum atomic E-state index is 13.3. The molecule has 1 aromatic carbocycles. The van der Waals surface area contributed by atoms with E-state index in [0.29, 0.717) is 6.54 Å². The summed E-state index contributed by atoms with van der Waals surface area (Å²) in [7, 11) is -3.61. The van der Waals surface area contributed by atoms with Gasteiger partial charge in [0.2, 0.25) is 10.0 Å². The fourth-order valence-electron chi connectivity index (χ4n) is 1.58. The summed E-state index contributed by atoms with van der Waals surface area (Å²) in [6.07, 6.45) is 3.73. The first-order chi connectivity index (χ1) is 8.88. The Balaban J connectivity index is 2.72. The first kappa shape index (κ1) is 16.3. The van der Waals surface area contributed by atoms with Crippen LogP contribution in [-0.4, -0.2) is 27.0 Å². The van der Waals surface area contributed by atoms with Gasteiger partial charge in [0.1, 0.15) is 5.82 Å². The van der Waals surface area contributed by atoms with Crippen LogP contribution in [0.3, 0.4) is 0 Å². The molecule has 1 aromatic rings. The first-order valence-electron chi connectivity index (χ1n) is 5.92. The van der Waals surface area contributed by atoms with E-state index in [0.717, 1.165) is 24.7 Å². The number of rotatable bonds is 7. The molecule has 3 N–H and O–H groups in total. The zero-order chi connectivity index (χ0) is 14.5. The molecular weight excluding hydrogens is 287 g/mol. The molecule has 0 aliphatic rings. The summed E-state index contributed by atoms with van der Waals surface area (Å²) in [6, 6.07) is 2.43. The van der Waals surface area contributed by atoms with E-state index in [2.05, 4.69) is 4.72 Å². The highest BCUT2D eigenvalue weighted by molar-refractivity contribution is 7.98. The van der Waals surface area contributed by atoms with Crippen molar-refractivity contribution in [3.8, 4) is 0 Å². The number of aryl methyl sites for hydroxylation is 1. The Morgan fingerprint density at radius 3 is 2.63 bits per heavy atom. The van der Waals surface area contributed by atoms with Gasteiger partial charge in [-0.1, -0.05) is 0 Å². The molecule has 4 nitrogen and oxygen atoms in total. The molecule has 0 heterocycles. The fraction of sp³-hybridized carbons (Fsp3) is 0.500. The van der Waals surface area contributed by atoms with Crippen molar-refractivity contribution in [2.75, 3.05) is 24.3 Å². The number of nitrogens with two attached hydrogens (primary N) is 1. The molecule has 0 saturated heterocycles. The van der Waals surface area contributed by atoms with Crippen molar-refractivity contribution in [3.63, 3.8) is 0 Å². The minimum Gasteiger partial charge on any atom is -0.396 e. The zero-order valence-electron chi connectivity index (χ0n) is 11.1. The van der Waals surface area contributed by atoms with Crippen molar-refractivity contribution in [2.24, 2.45) is 0 Å². The number of anilines is 1. The maximum absolute atomic E-state index is 13.3. The number of halogens is 1. The number of hydrogen-bond acceptors (Lipinski definition) is 4. The molecule has 0 fully saturated rings. The van der Waals surface area contributed by atoms with Crippen LogP contribution in [-0.2, 0) is 10.0 Å². The van der Waals surface area contributed by atoms with Gasteiger partial charge < -0.3 is 5.73 Å². The summed E-state index contributed by atoms with van der Waals surface area (Å²) in [5, 5.41) is 0. The normalized spacial score (nSPS) is 11.7. The van der Waals surface area contributed by atoms with E-state index >= 15 is 0 Å². The zero-order valence-corrected chi connectivity index (χ0v) is 12.7. The smallest absolute Gasteiger partial charge is 0.240 e. The first-order valence-corrected chi connectivity index (χ1v) is 8.80. The molecule has 0 aliphatic carbocycles. The van der Waals surface area contributed by atoms with Crippen LogP contribution in [0.1, 0.15) is 18.4 Å². The van der Waals surface area contributed by atoms with Crippen LogP contribution in [0.5, 0.6) is 0 Å². The molecule has 0 atom stereocenters. The van der Waals surface area contributed by atoms with Crippen LogP contribution in [0, 0.1) is 12.7 Å². The average Bonchev–Trinajstić information content (AvgIpc) is 2.35.